The number of amides is 1. The summed E-state index contributed by atoms with van der Waals surface area (Å²) in [6, 6.07) is 9.28. The second kappa shape index (κ2) is 6.13. The maximum absolute atomic E-state index is 13.7. The van der Waals surface area contributed by atoms with Gasteiger partial charge in [-0.15, -0.1) is 0 Å². The lowest BCUT2D eigenvalue weighted by atomic mass is 10.1. The molecular formula is C15H14BrFN2O2. The van der Waals surface area contributed by atoms with Crippen LogP contribution in [0.25, 0.3) is 0 Å². The summed E-state index contributed by atoms with van der Waals surface area (Å²) >= 11 is 3.31. The molecule has 1 amide bonds. The number of carbonyl (C=O) groups is 1. The second-order valence-corrected chi connectivity index (χ2v) is 5.33. The molecule has 0 aromatic heterocycles. The van der Waals surface area contributed by atoms with Crippen LogP contribution in [0.1, 0.15) is 10.4 Å². The third-order valence-electron chi connectivity index (χ3n) is 3.05. The highest BCUT2D eigenvalue weighted by molar-refractivity contribution is 9.10. The lowest BCUT2D eigenvalue weighted by Crippen LogP contribution is -2.27. The number of carbonyl (C=O) groups excluding carboxylic acids is 1. The number of ether oxygens (including phenoxy) is 1. The Kier molecular flexibility index (Phi) is 4.47. The van der Waals surface area contributed by atoms with E-state index in [0.29, 0.717) is 11.4 Å². The molecule has 0 fully saturated rings. The molecule has 0 aliphatic rings. The summed E-state index contributed by atoms with van der Waals surface area (Å²) in [4.78, 5) is 13.8. The van der Waals surface area contributed by atoms with Gasteiger partial charge in [0.25, 0.3) is 5.91 Å². The van der Waals surface area contributed by atoms with Crippen molar-refractivity contribution in [3.63, 3.8) is 0 Å². The van der Waals surface area contributed by atoms with E-state index in [2.05, 4.69) is 15.9 Å². The molecule has 0 radical (unpaired) electrons. The van der Waals surface area contributed by atoms with Crippen molar-refractivity contribution in [1.82, 2.24) is 0 Å². The Morgan fingerprint density at radius 1 is 1.29 bits per heavy atom. The van der Waals surface area contributed by atoms with Gasteiger partial charge in [0.2, 0.25) is 0 Å². The molecule has 2 rings (SSSR count). The minimum atomic E-state index is -0.583. The molecule has 0 unspecified atom stereocenters. The Morgan fingerprint density at radius 2 is 2.00 bits per heavy atom. The summed E-state index contributed by atoms with van der Waals surface area (Å²) in [6.07, 6.45) is 0. The zero-order valence-corrected chi connectivity index (χ0v) is 13.1. The molecule has 0 bridgehead atoms. The van der Waals surface area contributed by atoms with Crippen molar-refractivity contribution in [3.8, 4) is 5.75 Å². The van der Waals surface area contributed by atoms with Crippen LogP contribution in [0, 0.1) is 5.82 Å². The molecule has 4 nitrogen and oxygen atoms in total. The van der Waals surface area contributed by atoms with Crippen LogP contribution in [-0.4, -0.2) is 20.1 Å². The summed E-state index contributed by atoms with van der Waals surface area (Å²) < 4.78 is 19.3. The summed E-state index contributed by atoms with van der Waals surface area (Å²) in [5.74, 6) is -0.844. The zero-order valence-electron chi connectivity index (χ0n) is 11.6. The fourth-order valence-electron chi connectivity index (χ4n) is 1.93. The van der Waals surface area contributed by atoms with Crippen molar-refractivity contribution in [2.75, 3.05) is 24.8 Å². The molecule has 110 valence electrons. The molecule has 2 aromatic carbocycles. The number of hydrogen-bond acceptors (Lipinski definition) is 3. The van der Waals surface area contributed by atoms with E-state index in [1.54, 1.807) is 25.2 Å². The Bertz CT molecular complexity index is 691. The number of methoxy groups -OCH3 is 1. The van der Waals surface area contributed by atoms with E-state index in [0.717, 1.165) is 10.5 Å². The first kappa shape index (κ1) is 15.3. The van der Waals surface area contributed by atoms with E-state index in [1.807, 2.05) is 0 Å². The first-order valence-corrected chi connectivity index (χ1v) is 6.90. The smallest absolute Gasteiger partial charge is 0.258 e. The van der Waals surface area contributed by atoms with Crippen LogP contribution in [0.5, 0.6) is 5.75 Å². The minimum Gasteiger partial charge on any atom is -0.494 e. The van der Waals surface area contributed by atoms with Gasteiger partial charge in [-0.2, -0.15) is 0 Å². The van der Waals surface area contributed by atoms with Gasteiger partial charge in [0.1, 0.15) is 0 Å². The van der Waals surface area contributed by atoms with Crippen molar-refractivity contribution in [1.29, 1.82) is 0 Å². The van der Waals surface area contributed by atoms with E-state index in [9.17, 15) is 9.18 Å². The molecule has 2 aromatic rings. The summed E-state index contributed by atoms with van der Waals surface area (Å²) in [7, 11) is 2.96. The molecule has 21 heavy (non-hydrogen) atoms. The Morgan fingerprint density at radius 3 is 2.57 bits per heavy atom. The monoisotopic (exact) mass is 352 g/mol. The molecule has 0 saturated heterocycles. The van der Waals surface area contributed by atoms with Gasteiger partial charge in [0.15, 0.2) is 11.6 Å². The lowest BCUT2D eigenvalue weighted by Gasteiger charge is -2.19. The highest BCUT2D eigenvalue weighted by atomic mass is 79.9. The van der Waals surface area contributed by atoms with Gasteiger partial charge in [0, 0.05) is 17.1 Å². The number of rotatable bonds is 3. The first-order chi connectivity index (χ1) is 9.93. The normalized spacial score (nSPS) is 10.3. The van der Waals surface area contributed by atoms with E-state index in [4.69, 9.17) is 10.5 Å². The average Bonchev–Trinajstić information content (AvgIpc) is 2.45. The molecule has 0 heterocycles. The van der Waals surface area contributed by atoms with Crippen molar-refractivity contribution in [2.45, 2.75) is 0 Å². The summed E-state index contributed by atoms with van der Waals surface area (Å²) in [5.41, 5.74) is 7.12. The summed E-state index contributed by atoms with van der Waals surface area (Å²) in [6.45, 7) is 0. The summed E-state index contributed by atoms with van der Waals surface area (Å²) in [5, 5.41) is 0. The van der Waals surface area contributed by atoms with Gasteiger partial charge in [0.05, 0.1) is 18.5 Å². The third kappa shape index (κ3) is 3.16. The predicted octanol–water partition coefficient (Wildman–Crippen LogP) is 3.46. The van der Waals surface area contributed by atoms with Crippen LogP contribution in [0.4, 0.5) is 15.8 Å². The predicted molar refractivity (Wildman–Crippen MR) is 84.2 cm³/mol. The average molecular weight is 353 g/mol. The van der Waals surface area contributed by atoms with Crippen molar-refractivity contribution in [2.24, 2.45) is 0 Å². The van der Waals surface area contributed by atoms with Crippen LogP contribution in [0.15, 0.2) is 40.9 Å². The maximum atomic E-state index is 13.7. The number of nitrogens with zero attached hydrogens (tertiary/aromatic N) is 1. The van der Waals surface area contributed by atoms with Crippen molar-refractivity contribution >= 4 is 33.2 Å². The lowest BCUT2D eigenvalue weighted by molar-refractivity contribution is 0.0992. The van der Waals surface area contributed by atoms with Gasteiger partial charge >= 0.3 is 0 Å². The van der Waals surface area contributed by atoms with Gasteiger partial charge in [-0.25, -0.2) is 4.39 Å². The number of halogens is 2. The van der Waals surface area contributed by atoms with Crippen LogP contribution >= 0.6 is 15.9 Å². The van der Waals surface area contributed by atoms with Crippen LogP contribution in [-0.2, 0) is 0 Å². The number of benzene rings is 2. The van der Waals surface area contributed by atoms with E-state index in [1.165, 1.54) is 24.1 Å². The Balaban J connectivity index is 2.32. The van der Waals surface area contributed by atoms with Gasteiger partial charge < -0.3 is 15.4 Å². The quantitative estimate of drug-likeness (QED) is 0.860. The fraction of sp³-hybridized carbons (Fsp3) is 0.133. The molecule has 6 heteroatoms. The highest BCUT2D eigenvalue weighted by Crippen LogP contribution is 2.27. The number of nitrogen functional groups attached to an aromatic ring is 1. The number of anilines is 2. The SMILES string of the molecule is COc1ccc(C(=O)N(C)c2ccc(Br)cc2N)cc1F. The zero-order chi connectivity index (χ0) is 15.6. The van der Waals surface area contributed by atoms with Gasteiger partial charge in [-0.05, 0) is 36.4 Å². The van der Waals surface area contributed by atoms with Gasteiger partial charge in [-0.1, -0.05) is 15.9 Å². The Hall–Kier alpha value is -2.08. The second-order valence-electron chi connectivity index (χ2n) is 4.42. The van der Waals surface area contributed by atoms with E-state index < -0.39 is 5.82 Å². The van der Waals surface area contributed by atoms with Gasteiger partial charge in [-0.3, -0.25) is 4.79 Å². The maximum Gasteiger partial charge on any atom is 0.258 e. The molecule has 2 N–H and O–H groups in total. The number of hydrogen-bond donors (Lipinski definition) is 1. The van der Waals surface area contributed by atoms with Crippen molar-refractivity contribution < 1.29 is 13.9 Å². The highest BCUT2D eigenvalue weighted by Gasteiger charge is 2.17. The number of nitrogens with two attached hydrogens (primary N) is 1. The topological polar surface area (TPSA) is 55.6 Å². The van der Waals surface area contributed by atoms with E-state index >= 15 is 0 Å². The van der Waals surface area contributed by atoms with Crippen LogP contribution < -0.4 is 15.4 Å². The van der Waals surface area contributed by atoms with E-state index in [-0.39, 0.29) is 17.2 Å². The standard InChI is InChI=1S/C15H14BrFN2O2/c1-19(13-5-4-10(16)8-12(13)18)15(20)9-3-6-14(21-2)11(17)7-9/h3-8H,18H2,1-2H3. The minimum absolute atomic E-state index is 0.0948. The first-order valence-electron chi connectivity index (χ1n) is 6.10. The third-order valence-corrected chi connectivity index (χ3v) is 3.55. The molecule has 0 spiro atoms. The largest absolute Gasteiger partial charge is 0.494 e. The molecular weight excluding hydrogens is 339 g/mol. The van der Waals surface area contributed by atoms with Crippen LogP contribution in [0.3, 0.4) is 0 Å². The fourth-order valence-corrected chi connectivity index (χ4v) is 2.31. The Labute approximate surface area is 130 Å². The molecule has 0 atom stereocenters. The van der Waals surface area contributed by atoms with Crippen LogP contribution in [0.2, 0.25) is 0 Å². The van der Waals surface area contributed by atoms with Crippen molar-refractivity contribution in [3.05, 3.63) is 52.3 Å². The molecule has 0 aliphatic heterocycles. The molecule has 0 aliphatic carbocycles. The molecule has 0 saturated carbocycles.